The van der Waals surface area contributed by atoms with Crippen LogP contribution in [-0.4, -0.2) is 18.4 Å². The molecule has 0 saturated carbocycles. The monoisotopic (exact) mass is 490 g/mol. The molecule has 4 aromatic rings. The van der Waals surface area contributed by atoms with Gasteiger partial charge in [0.15, 0.2) is 5.82 Å². The first kappa shape index (κ1) is 24.1. The van der Waals surface area contributed by atoms with Gasteiger partial charge in [-0.1, -0.05) is 18.2 Å². The molecule has 1 aromatic heterocycles. The van der Waals surface area contributed by atoms with Crippen LogP contribution in [0.5, 0.6) is 17.2 Å². The Hall–Kier alpha value is -3.60. The molecule has 0 aliphatic rings. The number of nitrogens with two attached hydrogens (primary N) is 1. The van der Waals surface area contributed by atoms with Gasteiger partial charge in [-0.05, 0) is 54.1 Å². The van der Waals surface area contributed by atoms with Gasteiger partial charge in [0.05, 0.1) is 17.6 Å². The normalized spacial score (nSPS) is 10.8. The Balaban J connectivity index is 0.00000306. The quantitative estimate of drug-likeness (QED) is 0.333. The molecule has 33 heavy (non-hydrogen) atoms. The van der Waals surface area contributed by atoms with Crippen LogP contribution in [0.1, 0.15) is 5.82 Å². The van der Waals surface area contributed by atoms with Gasteiger partial charge in [-0.2, -0.15) is 8.42 Å². The lowest BCUT2D eigenvalue weighted by atomic mass is 10.1. The second-order valence-electron chi connectivity index (χ2n) is 6.76. The highest BCUT2D eigenvalue weighted by molar-refractivity contribution is 7.90. The number of para-hydroxylation sites is 1. The summed E-state index contributed by atoms with van der Waals surface area (Å²) in [6, 6.07) is 20.3. The van der Waals surface area contributed by atoms with Crippen LogP contribution in [0.25, 0.3) is 11.3 Å². The number of nitrogens with one attached hydrogen (secondary N) is 2. The standard InChI is InChI=1S/C22H19FN4O4S.ClH/c23-19-12-18(10-11-20(19)27-32(24,28)29)31-17-8-6-15(7-9-17)21-13-25-22(26-21)14-30-16-4-2-1-3-5-16;/h1-13,27H,14H2,(H,25,26)(H2,24,28,29);1H. The van der Waals surface area contributed by atoms with E-state index < -0.39 is 16.0 Å². The summed E-state index contributed by atoms with van der Waals surface area (Å²) in [4.78, 5) is 7.54. The van der Waals surface area contributed by atoms with E-state index in [9.17, 15) is 12.8 Å². The molecule has 0 bridgehead atoms. The van der Waals surface area contributed by atoms with Gasteiger partial charge in [0.1, 0.15) is 29.7 Å². The van der Waals surface area contributed by atoms with Crippen LogP contribution in [-0.2, 0) is 16.8 Å². The van der Waals surface area contributed by atoms with Crippen LogP contribution in [0.2, 0.25) is 0 Å². The third-order valence-corrected chi connectivity index (χ3v) is 4.85. The fourth-order valence-corrected chi connectivity index (χ4v) is 3.36. The van der Waals surface area contributed by atoms with Crippen molar-refractivity contribution in [3.63, 3.8) is 0 Å². The lowest BCUT2D eigenvalue weighted by molar-refractivity contribution is 0.297. The van der Waals surface area contributed by atoms with Crippen molar-refractivity contribution in [3.8, 4) is 28.5 Å². The number of nitrogens with zero attached hydrogens (tertiary/aromatic N) is 1. The van der Waals surface area contributed by atoms with Crippen molar-refractivity contribution in [3.05, 3.63) is 90.6 Å². The maximum absolute atomic E-state index is 14.1. The van der Waals surface area contributed by atoms with Gasteiger partial charge in [0.2, 0.25) is 0 Å². The smallest absolute Gasteiger partial charge is 0.296 e. The van der Waals surface area contributed by atoms with Gasteiger partial charge in [0.25, 0.3) is 10.2 Å². The lowest BCUT2D eigenvalue weighted by Crippen LogP contribution is -2.22. The Morgan fingerprint density at radius 1 is 0.970 bits per heavy atom. The molecule has 0 fully saturated rings. The second kappa shape index (κ2) is 10.3. The van der Waals surface area contributed by atoms with Crippen LogP contribution >= 0.6 is 12.4 Å². The largest absolute Gasteiger partial charge is 0.486 e. The number of hydrogen-bond donors (Lipinski definition) is 3. The van der Waals surface area contributed by atoms with Crippen LogP contribution < -0.4 is 19.3 Å². The van der Waals surface area contributed by atoms with Gasteiger partial charge in [-0.25, -0.2) is 14.5 Å². The molecule has 0 atom stereocenters. The van der Waals surface area contributed by atoms with Gasteiger partial charge in [-0.15, -0.1) is 12.4 Å². The van der Waals surface area contributed by atoms with E-state index in [4.69, 9.17) is 14.6 Å². The van der Waals surface area contributed by atoms with Crippen molar-refractivity contribution in [1.29, 1.82) is 0 Å². The highest BCUT2D eigenvalue weighted by atomic mass is 35.5. The van der Waals surface area contributed by atoms with Crippen molar-refractivity contribution < 1.29 is 22.3 Å². The minimum atomic E-state index is -4.07. The van der Waals surface area contributed by atoms with E-state index in [2.05, 4.69) is 9.97 Å². The molecule has 4 N–H and O–H groups in total. The van der Waals surface area contributed by atoms with E-state index in [1.165, 1.54) is 12.1 Å². The predicted octanol–water partition coefficient (Wildman–Crippen LogP) is 4.62. The highest BCUT2D eigenvalue weighted by Gasteiger charge is 2.10. The molecule has 4 rings (SSSR count). The Morgan fingerprint density at radius 2 is 1.67 bits per heavy atom. The number of rotatable bonds is 8. The zero-order valence-corrected chi connectivity index (χ0v) is 18.7. The predicted molar refractivity (Wildman–Crippen MR) is 125 cm³/mol. The number of imidazole rings is 1. The zero-order chi connectivity index (χ0) is 22.6. The summed E-state index contributed by atoms with van der Waals surface area (Å²) < 4.78 is 49.3. The Kier molecular flexibility index (Phi) is 7.54. The Labute approximate surface area is 196 Å². The summed E-state index contributed by atoms with van der Waals surface area (Å²) >= 11 is 0. The number of benzene rings is 3. The molecule has 3 aromatic carbocycles. The molecule has 172 valence electrons. The van der Waals surface area contributed by atoms with Crippen LogP contribution in [0, 0.1) is 5.82 Å². The SMILES string of the molecule is Cl.NS(=O)(=O)Nc1ccc(Oc2ccc(-c3cnc(COc4ccccc4)[nH]3)cc2)cc1F. The zero-order valence-electron chi connectivity index (χ0n) is 17.1. The number of hydrogen-bond acceptors (Lipinski definition) is 5. The van der Waals surface area contributed by atoms with Crippen LogP contribution in [0.15, 0.2) is 79.0 Å². The summed E-state index contributed by atoms with van der Waals surface area (Å²) in [5.41, 5.74) is 1.43. The Morgan fingerprint density at radius 3 is 2.33 bits per heavy atom. The second-order valence-corrected chi connectivity index (χ2v) is 8.05. The van der Waals surface area contributed by atoms with Crippen molar-refractivity contribution >= 4 is 28.3 Å². The van der Waals surface area contributed by atoms with Crippen molar-refractivity contribution in [2.24, 2.45) is 5.14 Å². The molecule has 0 aliphatic heterocycles. The minimum absolute atomic E-state index is 0. The first-order valence-electron chi connectivity index (χ1n) is 9.46. The van der Waals surface area contributed by atoms with Gasteiger partial charge >= 0.3 is 0 Å². The lowest BCUT2D eigenvalue weighted by Gasteiger charge is -2.09. The third-order valence-electron chi connectivity index (χ3n) is 4.34. The number of halogens is 2. The summed E-state index contributed by atoms with van der Waals surface area (Å²) in [5, 5.41) is 4.85. The average Bonchev–Trinajstić information content (AvgIpc) is 3.24. The number of aromatic nitrogens is 2. The molecule has 0 aliphatic carbocycles. The highest BCUT2D eigenvalue weighted by Crippen LogP contribution is 2.28. The van der Waals surface area contributed by atoms with E-state index in [1.54, 1.807) is 18.3 Å². The number of ether oxygens (including phenoxy) is 2. The molecule has 0 saturated heterocycles. The number of H-pyrrole nitrogens is 1. The maximum Gasteiger partial charge on any atom is 0.296 e. The van der Waals surface area contributed by atoms with Gasteiger partial charge in [-0.3, -0.25) is 4.72 Å². The third kappa shape index (κ3) is 6.69. The number of anilines is 1. The molecule has 0 spiro atoms. The first-order chi connectivity index (χ1) is 15.4. The molecule has 1 heterocycles. The van der Waals surface area contributed by atoms with Crippen molar-refractivity contribution in [2.75, 3.05) is 4.72 Å². The summed E-state index contributed by atoms with van der Waals surface area (Å²) in [5.74, 6) is 1.32. The van der Waals surface area contributed by atoms with Crippen molar-refractivity contribution in [1.82, 2.24) is 9.97 Å². The maximum atomic E-state index is 14.1. The van der Waals surface area contributed by atoms with E-state index in [-0.39, 0.29) is 23.8 Å². The fraction of sp³-hybridized carbons (Fsp3) is 0.0455. The average molecular weight is 491 g/mol. The molecule has 0 unspecified atom stereocenters. The summed E-state index contributed by atoms with van der Waals surface area (Å²) in [6.45, 7) is 0.313. The van der Waals surface area contributed by atoms with Gasteiger partial charge < -0.3 is 14.5 Å². The summed E-state index contributed by atoms with van der Waals surface area (Å²) in [7, 11) is -4.07. The van der Waals surface area contributed by atoms with E-state index in [0.29, 0.717) is 18.2 Å². The van der Waals surface area contributed by atoms with Gasteiger partial charge in [0, 0.05) is 6.07 Å². The van der Waals surface area contributed by atoms with Crippen LogP contribution in [0.3, 0.4) is 0 Å². The van der Waals surface area contributed by atoms with E-state index in [0.717, 1.165) is 23.1 Å². The first-order valence-corrected chi connectivity index (χ1v) is 11.0. The molecule has 8 nitrogen and oxygen atoms in total. The molecule has 0 radical (unpaired) electrons. The molecular formula is C22H20ClFN4O4S. The number of aromatic amines is 1. The molecular weight excluding hydrogens is 471 g/mol. The minimum Gasteiger partial charge on any atom is -0.486 e. The topological polar surface area (TPSA) is 119 Å². The fourth-order valence-electron chi connectivity index (χ4n) is 2.88. The van der Waals surface area contributed by atoms with Crippen LogP contribution in [0.4, 0.5) is 10.1 Å². The van der Waals surface area contributed by atoms with E-state index >= 15 is 0 Å². The van der Waals surface area contributed by atoms with Crippen molar-refractivity contribution in [2.45, 2.75) is 6.61 Å². The molecule has 0 amide bonds. The molecule has 11 heteroatoms. The Bertz CT molecular complexity index is 1320. The summed E-state index contributed by atoms with van der Waals surface area (Å²) in [6.07, 6.45) is 1.71. The van der Waals surface area contributed by atoms with E-state index in [1.807, 2.05) is 47.2 Å².